The maximum Gasteiger partial charge on any atom is 0.292 e. The van der Waals surface area contributed by atoms with Gasteiger partial charge in [-0.2, -0.15) is 0 Å². The van der Waals surface area contributed by atoms with Crippen molar-refractivity contribution in [3.63, 3.8) is 0 Å². The van der Waals surface area contributed by atoms with Crippen LogP contribution >= 0.6 is 0 Å². The Labute approximate surface area is 143 Å². The van der Waals surface area contributed by atoms with E-state index in [-0.39, 0.29) is 17.9 Å². The highest BCUT2D eigenvalue weighted by molar-refractivity contribution is 6.21. The van der Waals surface area contributed by atoms with Gasteiger partial charge in [-0.3, -0.25) is 9.59 Å². The van der Waals surface area contributed by atoms with Gasteiger partial charge in [0.25, 0.3) is 5.91 Å². The smallest absolute Gasteiger partial charge is 0.292 e. The van der Waals surface area contributed by atoms with Gasteiger partial charge in [0.1, 0.15) is 26.2 Å². The van der Waals surface area contributed by atoms with Crippen LogP contribution < -0.4 is 19.6 Å². The lowest BCUT2D eigenvalue weighted by atomic mass is 10.1. The average Bonchev–Trinajstić information content (AvgIpc) is 2.89. The number of carbonyl (C=O) groups excluding carboxylic acids is 2. The fourth-order valence-corrected chi connectivity index (χ4v) is 3.75. The van der Waals surface area contributed by atoms with Crippen LogP contribution in [0, 0.1) is 0 Å². The first-order valence-electron chi connectivity index (χ1n) is 8.83. The molecular formula is C18H28N4O2+2. The second-order valence-electron chi connectivity index (χ2n) is 7.00. The first-order chi connectivity index (χ1) is 11.5. The number of piperazine rings is 1. The number of quaternary nitrogens is 2. The summed E-state index contributed by atoms with van der Waals surface area (Å²) >= 11 is 0. The van der Waals surface area contributed by atoms with Gasteiger partial charge in [-0.1, -0.05) is 0 Å². The molecule has 1 atom stereocenters. The third-order valence-electron chi connectivity index (χ3n) is 5.36. The van der Waals surface area contributed by atoms with E-state index in [2.05, 4.69) is 6.92 Å². The standard InChI is InChI=1S/C18H26N4O2/c1-4-20-9-11-21(12-10-20)16-13-17(23)22(18(16)24)15-7-5-14(6-8-15)19(2)3/h5-8,16H,4,9-13H2,1-3H3/p+2/t16-/m0/s1. The zero-order valence-corrected chi connectivity index (χ0v) is 14.8. The zero-order chi connectivity index (χ0) is 17.3. The molecule has 0 spiro atoms. The minimum atomic E-state index is -0.204. The van der Waals surface area contributed by atoms with E-state index in [1.807, 2.05) is 43.3 Å². The van der Waals surface area contributed by atoms with Gasteiger partial charge in [0.15, 0.2) is 6.04 Å². The van der Waals surface area contributed by atoms with Crippen molar-refractivity contribution in [1.29, 1.82) is 0 Å². The van der Waals surface area contributed by atoms with Gasteiger partial charge in [-0.05, 0) is 31.2 Å². The molecule has 2 N–H and O–H groups in total. The Morgan fingerprint density at radius 3 is 2.25 bits per heavy atom. The summed E-state index contributed by atoms with van der Waals surface area (Å²) in [6.07, 6.45) is 0.338. The van der Waals surface area contributed by atoms with Crippen LogP contribution in [0.5, 0.6) is 0 Å². The first-order valence-corrected chi connectivity index (χ1v) is 8.83. The van der Waals surface area contributed by atoms with Crippen molar-refractivity contribution in [2.75, 3.05) is 56.6 Å². The van der Waals surface area contributed by atoms with E-state index in [0.29, 0.717) is 12.1 Å². The highest BCUT2D eigenvalue weighted by atomic mass is 16.2. The Hall–Kier alpha value is -1.92. The minimum absolute atomic E-state index is 0.0347. The molecule has 0 saturated carbocycles. The molecule has 6 heteroatoms. The number of likely N-dealkylation sites (N-methyl/N-ethyl adjacent to an activating group) is 1. The largest absolute Gasteiger partial charge is 0.378 e. The maximum atomic E-state index is 12.9. The van der Waals surface area contributed by atoms with E-state index in [1.165, 1.54) is 9.80 Å². The van der Waals surface area contributed by atoms with Crippen molar-refractivity contribution in [2.45, 2.75) is 19.4 Å². The van der Waals surface area contributed by atoms with Crippen molar-refractivity contribution >= 4 is 23.2 Å². The van der Waals surface area contributed by atoms with Crippen LogP contribution in [0.15, 0.2) is 24.3 Å². The molecule has 2 fully saturated rings. The number of hydrogen-bond donors (Lipinski definition) is 2. The lowest BCUT2D eigenvalue weighted by Crippen LogP contribution is -3.29. The van der Waals surface area contributed by atoms with E-state index in [9.17, 15) is 9.59 Å². The number of carbonyl (C=O) groups is 2. The van der Waals surface area contributed by atoms with Gasteiger partial charge < -0.3 is 14.7 Å². The molecule has 1 aromatic rings. The lowest BCUT2D eigenvalue weighted by Gasteiger charge is -2.31. The van der Waals surface area contributed by atoms with Crippen LogP contribution in [-0.2, 0) is 9.59 Å². The van der Waals surface area contributed by atoms with Crippen LogP contribution in [0.25, 0.3) is 0 Å². The molecule has 0 bridgehead atoms. The molecule has 130 valence electrons. The molecule has 3 rings (SSSR count). The van der Waals surface area contributed by atoms with Crippen molar-refractivity contribution in [1.82, 2.24) is 0 Å². The average molecular weight is 332 g/mol. The van der Waals surface area contributed by atoms with E-state index in [1.54, 1.807) is 4.90 Å². The van der Waals surface area contributed by atoms with Gasteiger partial charge >= 0.3 is 0 Å². The van der Waals surface area contributed by atoms with Crippen LogP contribution in [0.4, 0.5) is 11.4 Å². The molecule has 6 nitrogen and oxygen atoms in total. The number of anilines is 2. The molecule has 0 unspecified atom stereocenters. The number of nitrogens with zero attached hydrogens (tertiary/aromatic N) is 2. The Kier molecular flexibility index (Phi) is 4.87. The third kappa shape index (κ3) is 3.16. The van der Waals surface area contributed by atoms with Crippen LogP contribution in [-0.4, -0.2) is 64.7 Å². The van der Waals surface area contributed by atoms with E-state index >= 15 is 0 Å². The van der Waals surface area contributed by atoms with Crippen molar-refractivity contribution < 1.29 is 19.4 Å². The fourth-order valence-electron chi connectivity index (χ4n) is 3.75. The molecule has 24 heavy (non-hydrogen) atoms. The number of imide groups is 1. The number of nitrogens with one attached hydrogen (secondary N) is 2. The molecule has 2 amide bonds. The molecule has 2 saturated heterocycles. The molecule has 0 aliphatic carbocycles. The third-order valence-corrected chi connectivity index (χ3v) is 5.36. The summed E-state index contributed by atoms with van der Waals surface area (Å²) < 4.78 is 0. The Balaban J connectivity index is 1.72. The number of rotatable bonds is 4. The molecule has 2 aliphatic heterocycles. The fraction of sp³-hybridized carbons (Fsp3) is 0.556. The van der Waals surface area contributed by atoms with Crippen LogP contribution in [0.3, 0.4) is 0 Å². The van der Waals surface area contributed by atoms with Crippen molar-refractivity contribution in [2.24, 2.45) is 0 Å². The summed E-state index contributed by atoms with van der Waals surface area (Å²) in [6, 6.07) is 7.41. The summed E-state index contributed by atoms with van der Waals surface area (Å²) in [4.78, 5) is 31.6. The second kappa shape index (κ2) is 6.91. The first kappa shape index (κ1) is 16.9. The van der Waals surface area contributed by atoms with Gasteiger partial charge in [-0.15, -0.1) is 0 Å². The van der Waals surface area contributed by atoms with Gasteiger partial charge in [0, 0.05) is 19.8 Å². The Morgan fingerprint density at radius 1 is 1.08 bits per heavy atom. The van der Waals surface area contributed by atoms with E-state index < -0.39 is 0 Å². The SMILES string of the molecule is CC[NH+]1CC[NH+]([C@H]2CC(=O)N(c3ccc(N(C)C)cc3)C2=O)CC1. The van der Waals surface area contributed by atoms with Crippen molar-refractivity contribution in [3.8, 4) is 0 Å². The molecular weight excluding hydrogens is 304 g/mol. The van der Waals surface area contributed by atoms with E-state index in [0.717, 1.165) is 38.4 Å². The number of benzene rings is 1. The maximum absolute atomic E-state index is 12.9. The van der Waals surface area contributed by atoms with Gasteiger partial charge in [-0.25, -0.2) is 4.90 Å². The van der Waals surface area contributed by atoms with Crippen LogP contribution in [0.2, 0.25) is 0 Å². The highest BCUT2D eigenvalue weighted by Gasteiger charge is 2.46. The molecule has 0 aromatic heterocycles. The second-order valence-corrected chi connectivity index (χ2v) is 7.00. The molecule has 0 radical (unpaired) electrons. The lowest BCUT2D eigenvalue weighted by molar-refractivity contribution is -1.02. The van der Waals surface area contributed by atoms with E-state index in [4.69, 9.17) is 0 Å². The number of hydrogen-bond acceptors (Lipinski definition) is 3. The number of amides is 2. The zero-order valence-electron chi connectivity index (χ0n) is 14.8. The van der Waals surface area contributed by atoms with Crippen molar-refractivity contribution in [3.05, 3.63) is 24.3 Å². The summed E-state index contributed by atoms with van der Waals surface area (Å²) in [5, 5.41) is 0. The summed E-state index contributed by atoms with van der Waals surface area (Å²) in [7, 11) is 3.94. The monoisotopic (exact) mass is 332 g/mol. The topological polar surface area (TPSA) is 49.5 Å². The Bertz CT molecular complexity index is 606. The minimum Gasteiger partial charge on any atom is -0.378 e. The van der Waals surface area contributed by atoms with Gasteiger partial charge in [0.05, 0.1) is 18.7 Å². The summed E-state index contributed by atoms with van der Waals surface area (Å²) in [5.74, 6) is -0.104. The summed E-state index contributed by atoms with van der Waals surface area (Å²) in [6.45, 7) is 7.45. The normalized spacial score (nSPS) is 27.6. The van der Waals surface area contributed by atoms with Crippen LogP contribution in [0.1, 0.15) is 13.3 Å². The highest BCUT2D eigenvalue weighted by Crippen LogP contribution is 2.24. The predicted molar refractivity (Wildman–Crippen MR) is 93.6 cm³/mol. The van der Waals surface area contributed by atoms with Gasteiger partial charge in [0.2, 0.25) is 5.91 Å². The Morgan fingerprint density at radius 2 is 1.71 bits per heavy atom. The molecule has 1 aromatic carbocycles. The molecule has 2 aliphatic rings. The predicted octanol–water partition coefficient (Wildman–Crippen LogP) is -1.81. The quantitative estimate of drug-likeness (QED) is 0.639. The summed E-state index contributed by atoms with van der Waals surface area (Å²) in [5.41, 5.74) is 1.74. The molecule has 2 heterocycles.